The number of rotatable bonds is 9. The first-order valence-electron chi connectivity index (χ1n) is 5.73. The molecule has 19 heavy (non-hydrogen) atoms. The standard InChI is InChI=1S/C12H16FNO5/c1-17-3-2-4-18-5-6-19-11-10(12(15)16)7-9(13)8-14-11/h7-8H,2-6H2,1H3,(H,15,16). The molecule has 1 aromatic rings. The highest BCUT2D eigenvalue weighted by molar-refractivity contribution is 5.90. The Hall–Kier alpha value is -1.73. The van der Waals surface area contributed by atoms with Crippen molar-refractivity contribution >= 4 is 5.97 Å². The van der Waals surface area contributed by atoms with Crippen molar-refractivity contribution in [3.05, 3.63) is 23.6 Å². The smallest absolute Gasteiger partial charge is 0.341 e. The maximum absolute atomic E-state index is 12.9. The van der Waals surface area contributed by atoms with Gasteiger partial charge in [0, 0.05) is 20.3 Å². The highest BCUT2D eigenvalue weighted by Gasteiger charge is 2.14. The minimum absolute atomic E-state index is 0.116. The third-order valence-electron chi connectivity index (χ3n) is 2.15. The second kappa shape index (κ2) is 8.39. The van der Waals surface area contributed by atoms with Crippen molar-refractivity contribution < 1.29 is 28.5 Å². The molecule has 0 bridgehead atoms. The summed E-state index contributed by atoms with van der Waals surface area (Å²) in [4.78, 5) is 14.4. The Morgan fingerprint density at radius 1 is 1.37 bits per heavy atom. The summed E-state index contributed by atoms with van der Waals surface area (Å²) in [6.45, 7) is 1.58. The van der Waals surface area contributed by atoms with Crippen molar-refractivity contribution in [1.29, 1.82) is 0 Å². The maximum Gasteiger partial charge on any atom is 0.341 e. The molecule has 106 valence electrons. The minimum atomic E-state index is -1.29. The van der Waals surface area contributed by atoms with Crippen molar-refractivity contribution in [2.45, 2.75) is 6.42 Å². The van der Waals surface area contributed by atoms with Crippen molar-refractivity contribution in [3.63, 3.8) is 0 Å². The monoisotopic (exact) mass is 273 g/mol. The lowest BCUT2D eigenvalue weighted by molar-refractivity contribution is 0.0672. The van der Waals surface area contributed by atoms with Crippen LogP contribution in [0.1, 0.15) is 16.8 Å². The zero-order valence-corrected chi connectivity index (χ0v) is 10.6. The number of nitrogens with zero attached hydrogens (tertiary/aromatic N) is 1. The molecule has 1 aromatic heterocycles. The molecule has 1 heterocycles. The molecule has 6 nitrogen and oxygen atoms in total. The summed E-state index contributed by atoms with van der Waals surface area (Å²) in [5.41, 5.74) is -0.306. The van der Waals surface area contributed by atoms with Crippen LogP contribution in [0.2, 0.25) is 0 Å². The molecule has 7 heteroatoms. The second-order valence-corrected chi connectivity index (χ2v) is 3.62. The number of hydrogen-bond donors (Lipinski definition) is 1. The van der Waals surface area contributed by atoms with E-state index in [9.17, 15) is 9.18 Å². The summed E-state index contributed by atoms with van der Waals surface area (Å²) >= 11 is 0. The van der Waals surface area contributed by atoms with E-state index >= 15 is 0 Å². The molecule has 0 radical (unpaired) electrons. The lowest BCUT2D eigenvalue weighted by Gasteiger charge is -2.08. The molecule has 0 unspecified atom stereocenters. The Labute approximate surface area is 110 Å². The van der Waals surface area contributed by atoms with Crippen LogP contribution in [-0.2, 0) is 9.47 Å². The molecule has 1 N–H and O–H groups in total. The van der Waals surface area contributed by atoms with Crippen LogP contribution in [0.15, 0.2) is 12.3 Å². The number of carboxylic acids is 1. The predicted octanol–water partition coefficient (Wildman–Crippen LogP) is 1.35. The number of methoxy groups -OCH3 is 1. The molecule has 0 aliphatic rings. The lowest BCUT2D eigenvalue weighted by Crippen LogP contribution is -2.12. The molecule has 1 rings (SSSR count). The lowest BCUT2D eigenvalue weighted by atomic mass is 10.3. The van der Waals surface area contributed by atoms with Crippen LogP contribution >= 0.6 is 0 Å². The van der Waals surface area contributed by atoms with Gasteiger partial charge in [0.15, 0.2) is 0 Å². The van der Waals surface area contributed by atoms with Crippen LogP contribution < -0.4 is 4.74 Å². The van der Waals surface area contributed by atoms with Gasteiger partial charge in [0.25, 0.3) is 0 Å². The van der Waals surface area contributed by atoms with E-state index in [1.54, 1.807) is 7.11 Å². The highest BCUT2D eigenvalue weighted by Crippen LogP contribution is 2.15. The van der Waals surface area contributed by atoms with Gasteiger partial charge in [-0.15, -0.1) is 0 Å². The molecule has 0 spiro atoms. The highest BCUT2D eigenvalue weighted by atomic mass is 19.1. The number of ether oxygens (including phenoxy) is 3. The molecular weight excluding hydrogens is 257 g/mol. The summed E-state index contributed by atoms with van der Waals surface area (Å²) in [6, 6.07) is 0.865. The van der Waals surface area contributed by atoms with E-state index in [0.29, 0.717) is 19.8 Å². The molecule has 0 amide bonds. The molecule has 0 aromatic carbocycles. The summed E-state index contributed by atoms with van der Waals surface area (Å²) in [5, 5.41) is 8.86. The van der Waals surface area contributed by atoms with Crippen LogP contribution in [-0.4, -0.2) is 49.6 Å². The Kier molecular flexibility index (Phi) is 6.76. The Morgan fingerprint density at radius 3 is 2.84 bits per heavy atom. The molecule has 0 aliphatic carbocycles. The Morgan fingerprint density at radius 2 is 2.16 bits per heavy atom. The quantitative estimate of drug-likeness (QED) is 0.684. The maximum atomic E-state index is 12.9. The normalized spacial score (nSPS) is 10.4. The second-order valence-electron chi connectivity index (χ2n) is 3.62. The van der Waals surface area contributed by atoms with Gasteiger partial charge < -0.3 is 19.3 Å². The first-order valence-corrected chi connectivity index (χ1v) is 5.73. The van der Waals surface area contributed by atoms with Gasteiger partial charge in [-0.25, -0.2) is 14.2 Å². The van der Waals surface area contributed by atoms with E-state index < -0.39 is 11.8 Å². The summed E-state index contributed by atoms with van der Waals surface area (Å²) in [5.74, 6) is -2.13. The van der Waals surface area contributed by atoms with Gasteiger partial charge in [-0.1, -0.05) is 0 Å². The fourth-order valence-corrected chi connectivity index (χ4v) is 1.30. The van der Waals surface area contributed by atoms with Crippen LogP contribution in [0.5, 0.6) is 5.88 Å². The molecule has 0 saturated carbocycles. The Bertz CT molecular complexity index is 413. The number of aromatic nitrogens is 1. The van der Waals surface area contributed by atoms with E-state index in [1.165, 1.54) is 0 Å². The van der Waals surface area contributed by atoms with Gasteiger partial charge >= 0.3 is 5.97 Å². The number of pyridine rings is 1. The number of halogens is 1. The zero-order chi connectivity index (χ0) is 14.1. The van der Waals surface area contributed by atoms with Crippen molar-refractivity contribution in [2.75, 3.05) is 33.5 Å². The minimum Gasteiger partial charge on any atom is -0.477 e. The molecule has 0 aliphatic heterocycles. The molecule has 0 atom stereocenters. The largest absolute Gasteiger partial charge is 0.477 e. The van der Waals surface area contributed by atoms with Crippen LogP contribution in [0.3, 0.4) is 0 Å². The van der Waals surface area contributed by atoms with Gasteiger partial charge in [0.1, 0.15) is 18.0 Å². The van der Waals surface area contributed by atoms with E-state index in [1.807, 2.05) is 0 Å². The summed E-state index contributed by atoms with van der Waals surface area (Å²) < 4.78 is 28.1. The SMILES string of the molecule is COCCCOCCOc1ncc(F)cc1C(=O)O. The Balaban J connectivity index is 2.35. The first kappa shape index (κ1) is 15.3. The van der Waals surface area contributed by atoms with Crippen molar-refractivity contribution in [2.24, 2.45) is 0 Å². The number of carboxylic acid groups (broad SMARTS) is 1. The van der Waals surface area contributed by atoms with Crippen molar-refractivity contribution in [3.8, 4) is 5.88 Å². The van der Waals surface area contributed by atoms with Crippen molar-refractivity contribution in [1.82, 2.24) is 4.98 Å². The van der Waals surface area contributed by atoms with Gasteiger partial charge in [-0.05, 0) is 12.5 Å². The third-order valence-corrected chi connectivity index (χ3v) is 2.15. The van der Waals surface area contributed by atoms with Crippen LogP contribution in [0, 0.1) is 5.82 Å². The fraction of sp³-hybridized carbons (Fsp3) is 0.500. The van der Waals surface area contributed by atoms with E-state index in [2.05, 4.69) is 4.98 Å². The topological polar surface area (TPSA) is 77.9 Å². The summed E-state index contributed by atoms with van der Waals surface area (Å²) in [6.07, 6.45) is 1.67. The van der Waals surface area contributed by atoms with Gasteiger partial charge in [0.2, 0.25) is 5.88 Å². The number of hydrogen-bond acceptors (Lipinski definition) is 5. The van der Waals surface area contributed by atoms with Gasteiger partial charge in [-0.3, -0.25) is 0 Å². The molecule has 0 fully saturated rings. The van der Waals surface area contributed by atoms with Gasteiger partial charge in [0.05, 0.1) is 12.8 Å². The van der Waals surface area contributed by atoms with Gasteiger partial charge in [-0.2, -0.15) is 0 Å². The number of carbonyl (C=O) groups is 1. The number of aromatic carboxylic acids is 1. The molecular formula is C12H16FNO5. The summed E-state index contributed by atoms with van der Waals surface area (Å²) in [7, 11) is 1.61. The average molecular weight is 273 g/mol. The zero-order valence-electron chi connectivity index (χ0n) is 10.6. The van der Waals surface area contributed by atoms with E-state index in [-0.39, 0.29) is 18.1 Å². The molecule has 0 saturated heterocycles. The van der Waals surface area contributed by atoms with Crippen LogP contribution in [0.4, 0.5) is 4.39 Å². The fourth-order valence-electron chi connectivity index (χ4n) is 1.30. The predicted molar refractivity (Wildman–Crippen MR) is 64.0 cm³/mol. The third kappa shape index (κ3) is 5.62. The average Bonchev–Trinajstić information content (AvgIpc) is 2.39. The van der Waals surface area contributed by atoms with E-state index in [0.717, 1.165) is 18.7 Å². The van der Waals surface area contributed by atoms with Crippen LogP contribution in [0.25, 0.3) is 0 Å². The van der Waals surface area contributed by atoms with E-state index in [4.69, 9.17) is 19.3 Å². The first-order chi connectivity index (χ1) is 9.15.